The predicted molar refractivity (Wildman–Crippen MR) is 76.3 cm³/mol. The highest BCUT2D eigenvalue weighted by atomic mass is 32.2. The Morgan fingerprint density at radius 2 is 2.15 bits per heavy atom. The first-order valence-corrected chi connectivity index (χ1v) is 7.73. The van der Waals surface area contributed by atoms with Gasteiger partial charge in [0.1, 0.15) is 5.03 Å². The second-order valence-corrected chi connectivity index (χ2v) is 6.15. The number of rotatable bonds is 4. The maximum atomic E-state index is 5.82. The van der Waals surface area contributed by atoms with E-state index in [1.165, 1.54) is 24.6 Å². The van der Waals surface area contributed by atoms with Crippen molar-refractivity contribution in [1.29, 1.82) is 0 Å². The average molecular weight is 290 g/mol. The molecule has 2 aromatic rings. The lowest BCUT2D eigenvalue weighted by Crippen LogP contribution is -2.08. The quantitative estimate of drug-likeness (QED) is 0.930. The Bertz CT molecular complexity index is 558. The van der Waals surface area contributed by atoms with Crippen LogP contribution in [0.25, 0.3) is 0 Å². The third-order valence-electron chi connectivity index (χ3n) is 3.61. The van der Waals surface area contributed by atoms with Gasteiger partial charge in [0.2, 0.25) is 5.16 Å². The third-order valence-corrected chi connectivity index (χ3v) is 4.52. The van der Waals surface area contributed by atoms with Crippen molar-refractivity contribution in [3.05, 3.63) is 23.9 Å². The molecule has 0 aromatic carbocycles. The number of hydrogen-bond acceptors (Lipinski definition) is 6. The fourth-order valence-corrected chi connectivity index (χ4v) is 3.23. The molecule has 0 saturated heterocycles. The minimum atomic E-state index is 0.00496. The summed E-state index contributed by atoms with van der Waals surface area (Å²) in [6.45, 7) is 1.95. The Hall–Kier alpha value is -1.47. The van der Waals surface area contributed by atoms with Crippen LogP contribution in [0, 0.1) is 0 Å². The molecule has 7 heteroatoms. The largest absolute Gasteiger partial charge is 0.324 e. The smallest absolute Gasteiger partial charge is 0.215 e. The van der Waals surface area contributed by atoms with Gasteiger partial charge in [0, 0.05) is 12.2 Å². The molecular formula is C13H18N6S. The Kier molecular flexibility index (Phi) is 3.98. The standard InChI is InChI=1S/C13H18N6S/c1-9(14)10-6-7-12(15-8-10)20-13-16-17-18-19(13)11-4-2-3-5-11/h6-9,11H,2-5,14H2,1H3. The van der Waals surface area contributed by atoms with Crippen LogP contribution in [-0.4, -0.2) is 25.2 Å². The summed E-state index contributed by atoms with van der Waals surface area (Å²) in [5, 5.41) is 13.8. The van der Waals surface area contributed by atoms with E-state index in [1.54, 1.807) is 0 Å². The summed E-state index contributed by atoms with van der Waals surface area (Å²) in [6, 6.07) is 4.42. The van der Waals surface area contributed by atoms with E-state index < -0.39 is 0 Å². The van der Waals surface area contributed by atoms with Crippen molar-refractivity contribution < 1.29 is 0 Å². The molecule has 0 aliphatic heterocycles. The van der Waals surface area contributed by atoms with Gasteiger partial charge < -0.3 is 5.73 Å². The molecule has 2 N–H and O–H groups in total. The van der Waals surface area contributed by atoms with Crippen LogP contribution in [0.4, 0.5) is 0 Å². The Morgan fingerprint density at radius 1 is 1.35 bits per heavy atom. The Morgan fingerprint density at radius 3 is 2.80 bits per heavy atom. The van der Waals surface area contributed by atoms with E-state index in [2.05, 4.69) is 20.5 Å². The maximum Gasteiger partial charge on any atom is 0.215 e. The van der Waals surface area contributed by atoms with Crippen LogP contribution in [0.15, 0.2) is 28.5 Å². The lowest BCUT2D eigenvalue weighted by molar-refractivity contribution is 0.423. The van der Waals surface area contributed by atoms with Crippen molar-refractivity contribution in [2.45, 2.75) is 54.9 Å². The molecule has 1 saturated carbocycles. The topological polar surface area (TPSA) is 82.5 Å². The number of nitrogens with two attached hydrogens (primary N) is 1. The van der Waals surface area contributed by atoms with Gasteiger partial charge in [0.25, 0.3) is 0 Å². The molecule has 3 rings (SSSR count). The summed E-state index contributed by atoms with van der Waals surface area (Å²) >= 11 is 1.50. The summed E-state index contributed by atoms with van der Waals surface area (Å²) in [6.07, 6.45) is 6.66. The molecule has 106 valence electrons. The Balaban J connectivity index is 1.76. The fraction of sp³-hybridized carbons (Fsp3) is 0.538. The maximum absolute atomic E-state index is 5.82. The van der Waals surface area contributed by atoms with Crippen LogP contribution >= 0.6 is 11.8 Å². The molecule has 0 spiro atoms. The summed E-state index contributed by atoms with van der Waals surface area (Å²) < 4.78 is 1.94. The number of hydrogen-bond donors (Lipinski definition) is 1. The highest BCUT2D eigenvalue weighted by Crippen LogP contribution is 2.33. The first kappa shape index (κ1) is 13.5. The Labute approximate surface area is 122 Å². The molecule has 1 aliphatic carbocycles. The summed E-state index contributed by atoms with van der Waals surface area (Å²) in [5.41, 5.74) is 6.86. The van der Waals surface area contributed by atoms with Crippen LogP contribution in [0.2, 0.25) is 0 Å². The van der Waals surface area contributed by atoms with Crippen molar-refractivity contribution in [3.8, 4) is 0 Å². The lowest BCUT2D eigenvalue weighted by atomic mass is 10.2. The highest BCUT2D eigenvalue weighted by molar-refractivity contribution is 7.99. The minimum absolute atomic E-state index is 0.00496. The van der Waals surface area contributed by atoms with Crippen LogP contribution in [0.3, 0.4) is 0 Å². The summed E-state index contributed by atoms with van der Waals surface area (Å²) in [7, 11) is 0. The molecule has 2 aromatic heterocycles. The molecule has 2 heterocycles. The van der Waals surface area contributed by atoms with E-state index in [-0.39, 0.29) is 6.04 Å². The van der Waals surface area contributed by atoms with Crippen molar-refractivity contribution in [2.75, 3.05) is 0 Å². The normalized spacial score (nSPS) is 17.5. The number of aromatic nitrogens is 5. The second-order valence-electron chi connectivity index (χ2n) is 5.16. The first-order valence-electron chi connectivity index (χ1n) is 6.91. The molecule has 0 radical (unpaired) electrons. The first-order chi connectivity index (χ1) is 9.74. The van der Waals surface area contributed by atoms with Gasteiger partial charge in [0.15, 0.2) is 0 Å². The predicted octanol–water partition coefficient (Wildman–Crippen LogP) is 2.35. The van der Waals surface area contributed by atoms with Gasteiger partial charge in [-0.2, -0.15) is 0 Å². The molecule has 1 aliphatic rings. The highest BCUT2D eigenvalue weighted by Gasteiger charge is 2.22. The zero-order chi connectivity index (χ0) is 13.9. The van der Waals surface area contributed by atoms with Gasteiger partial charge in [-0.1, -0.05) is 18.9 Å². The average Bonchev–Trinajstić information content (AvgIpc) is 3.09. The SMILES string of the molecule is CC(N)c1ccc(Sc2nnnn2C2CCCC2)nc1. The monoisotopic (exact) mass is 290 g/mol. The van der Waals surface area contributed by atoms with Crippen LogP contribution in [-0.2, 0) is 0 Å². The van der Waals surface area contributed by atoms with E-state index >= 15 is 0 Å². The summed E-state index contributed by atoms with van der Waals surface area (Å²) in [4.78, 5) is 4.42. The second kappa shape index (κ2) is 5.88. The minimum Gasteiger partial charge on any atom is -0.324 e. The molecule has 1 fully saturated rings. The molecular weight excluding hydrogens is 272 g/mol. The van der Waals surface area contributed by atoms with Gasteiger partial charge >= 0.3 is 0 Å². The zero-order valence-electron chi connectivity index (χ0n) is 11.4. The zero-order valence-corrected chi connectivity index (χ0v) is 12.3. The molecule has 6 nitrogen and oxygen atoms in total. The fourth-order valence-electron chi connectivity index (χ4n) is 2.45. The third kappa shape index (κ3) is 2.83. The number of nitrogens with zero attached hydrogens (tertiary/aromatic N) is 5. The van der Waals surface area contributed by atoms with E-state index in [9.17, 15) is 0 Å². The van der Waals surface area contributed by atoms with Crippen molar-refractivity contribution >= 4 is 11.8 Å². The van der Waals surface area contributed by atoms with Gasteiger partial charge in [-0.25, -0.2) is 9.67 Å². The van der Waals surface area contributed by atoms with Crippen LogP contribution in [0.5, 0.6) is 0 Å². The number of pyridine rings is 1. The lowest BCUT2D eigenvalue weighted by Gasteiger charge is -2.10. The van der Waals surface area contributed by atoms with E-state index in [0.29, 0.717) is 6.04 Å². The molecule has 20 heavy (non-hydrogen) atoms. The van der Waals surface area contributed by atoms with E-state index in [4.69, 9.17) is 5.73 Å². The van der Waals surface area contributed by atoms with Gasteiger partial charge in [-0.15, -0.1) is 5.10 Å². The van der Waals surface area contributed by atoms with Gasteiger partial charge in [0.05, 0.1) is 6.04 Å². The summed E-state index contributed by atoms with van der Waals surface area (Å²) in [5.74, 6) is 0. The molecule has 0 bridgehead atoms. The molecule has 1 atom stereocenters. The van der Waals surface area contributed by atoms with Crippen LogP contribution in [0.1, 0.15) is 50.3 Å². The van der Waals surface area contributed by atoms with Gasteiger partial charge in [-0.05, 0) is 53.6 Å². The van der Waals surface area contributed by atoms with E-state index in [1.807, 2.05) is 29.9 Å². The molecule has 1 unspecified atom stereocenters. The van der Waals surface area contributed by atoms with Crippen LogP contribution < -0.4 is 5.73 Å². The van der Waals surface area contributed by atoms with Crippen molar-refractivity contribution in [2.24, 2.45) is 5.73 Å². The number of tetrazole rings is 1. The molecule has 0 amide bonds. The van der Waals surface area contributed by atoms with Gasteiger partial charge in [-0.3, -0.25) is 0 Å². The van der Waals surface area contributed by atoms with Crippen molar-refractivity contribution in [1.82, 2.24) is 25.2 Å². The van der Waals surface area contributed by atoms with Crippen molar-refractivity contribution in [3.63, 3.8) is 0 Å². The van der Waals surface area contributed by atoms with E-state index in [0.717, 1.165) is 28.6 Å².